The van der Waals surface area contributed by atoms with E-state index >= 15 is 0 Å². The molecule has 1 aliphatic rings. The van der Waals surface area contributed by atoms with Crippen molar-refractivity contribution in [2.45, 2.75) is 26.3 Å². The van der Waals surface area contributed by atoms with Gasteiger partial charge in [0, 0.05) is 29.9 Å². The molecule has 0 saturated carbocycles. The number of nitrogens with two attached hydrogens (primary N) is 1. The van der Waals surface area contributed by atoms with Gasteiger partial charge >= 0.3 is 0 Å². The van der Waals surface area contributed by atoms with E-state index in [0.29, 0.717) is 13.0 Å². The average molecular weight is 256 g/mol. The first-order chi connectivity index (χ1) is 9.19. The summed E-state index contributed by atoms with van der Waals surface area (Å²) in [6.07, 6.45) is 1.33. The van der Waals surface area contributed by atoms with Crippen molar-refractivity contribution in [1.29, 1.82) is 0 Å². The van der Waals surface area contributed by atoms with Crippen LogP contribution in [0.1, 0.15) is 23.4 Å². The molecule has 0 bridgehead atoms. The second-order valence-electron chi connectivity index (χ2n) is 4.79. The van der Waals surface area contributed by atoms with E-state index in [1.165, 1.54) is 5.56 Å². The molecule has 4 N–H and O–H groups in total. The summed E-state index contributed by atoms with van der Waals surface area (Å²) in [6.45, 7) is 2.40. The molecule has 5 heteroatoms. The normalized spacial score (nSPS) is 14.1. The number of rotatable bonds is 2. The van der Waals surface area contributed by atoms with Crippen molar-refractivity contribution in [3.05, 3.63) is 35.2 Å². The lowest BCUT2D eigenvalue weighted by Gasteiger charge is -2.17. The van der Waals surface area contributed by atoms with Crippen LogP contribution in [-0.4, -0.2) is 16.1 Å². The van der Waals surface area contributed by atoms with Gasteiger partial charge in [0.15, 0.2) is 0 Å². The molecule has 98 valence electrons. The van der Waals surface area contributed by atoms with E-state index in [-0.39, 0.29) is 5.91 Å². The Morgan fingerprint density at radius 2 is 2.21 bits per heavy atom. The smallest absolute Gasteiger partial charge is 0.224 e. The van der Waals surface area contributed by atoms with Crippen LogP contribution in [0, 0.1) is 6.92 Å². The second kappa shape index (κ2) is 4.51. The molecule has 0 radical (unpaired) electrons. The molecule has 1 aromatic heterocycles. The standard InChI is InChI=1S/C14H16N4O/c1-8-14(12(7-15)18-17-8)10-2-4-11-9(6-10)3-5-13(19)16-11/h2,4,6H,3,5,7,15H2,1H3,(H,16,19)(H,17,18). The molecular weight excluding hydrogens is 240 g/mol. The largest absolute Gasteiger partial charge is 0.326 e. The van der Waals surface area contributed by atoms with Crippen molar-refractivity contribution in [3.63, 3.8) is 0 Å². The number of anilines is 1. The number of hydrogen-bond acceptors (Lipinski definition) is 3. The number of aromatic nitrogens is 2. The molecule has 1 amide bonds. The van der Waals surface area contributed by atoms with Gasteiger partial charge in [-0.1, -0.05) is 6.07 Å². The quantitative estimate of drug-likeness (QED) is 0.765. The Hall–Kier alpha value is -2.14. The fraction of sp³-hybridized carbons (Fsp3) is 0.286. The van der Waals surface area contributed by atoms with E-state index in [4.69, 9.17) is 5.73 Å². The first-order valence-electron chi connectivity index (χ1n) is 6.36. The van der Waals surface area contributed by atoms with Gasteiger partial charge in [0.25, 0.3) is 0 Å². The summed E-state index contributed by atoms with van der Waals surface area (Å²) >= 11 is 0. The minimum Gasteiger partial charge on any atom is -0.326 e. The van der Waals surface area contributed by atoms with Crippen molar-refractivity contribution in [2.24, 2.45) is 5.73 Å². The van der Waals surface area contributed by atoms with Gasteiger partial charge in [0.2, 0.25) is 5.91 Å². The number of nitrogens with one attached hydrogen (secondary N) is 2. The van der Waals surface area contributed by atoms with E-state index in [0.717, 1.165) is 34.6 Å². The first kappa shape index (κ1) is 11.9. The number of H-pyrrole nitrogens is 1. The molecule has 0 spiro atoms. The molecule has 0 saturated heterocycles. The highest BCUT2D eigenvalue weighted by atomic mass is 16.1. The maximum Gasteiger partial charge on any atom is 0.224 e. The highest BCUT2D eigenvalue weighted by Crippen LogP contribution is 2.31. The summed E-state index contributed by atoms with van der Waals surface area (Å²) in [4.78, 5) is 11.4. The lowest BCUT2D eigenvalue weighted by atomic mass is 9.96. The lowest BCUT2D eigenvalue weighted by Crippen LogP contribution is -2.18. The average Bonchev–Trinajstić information content (AvgIpc) is 2.79. The minimum atomic E-state index is 0.0855. The number of aromatic amines is 1. The summed E-state index contributed by atoms with van der Waals surface area (Å²) in [5.41, 5.74) is 11.9. The number of hydrogen-bond donors (Lipinski definition) is 3. The zero-order valence-corrected chi connectivity index (χ0v) is 10.8. The SMILES string of the molecule is Cc1[nH]nc(CN)c1-c1ccc2c(c1)CCC(=O)N2. The van der Waals surface area contributed by atoms with E-state index in [1.54, 1.807) is 0 Å². The molecule has 2 heterocycles. The van der Waals surface area contributed by atoms with Crippen molar-refractivity contribution >= 4 is 11.6 Å². The molecule has 0 unspecified atom stereocenters. The van der Waals surface area contributed by atoms with Gasteiger partial charge in [-0.05, 0) is 36.6 Å². The molecule has 1 aromatic carbocycles. The topological polar surface area (TPSA) is 83.8 Å². The molecule has 2 aromatic rings. The van der Waals surface area contributed by atoms with Crippen molar-refractivity contribution < 1.29 is 4.79 Å². The van der Waals surface area contributed by atoms with Gasteiger partial charge in [-0.15, -0.1) is 0 Å². The first-order valence-corrected chi connectivity index (χ1v) is 6.36. The number of nitrogens with zero attached hydrogens (tertiary/aromatic N) is 1. The van der Waals surface area contributed by atoms with Crippen LogP contribution in [0.3, 0.4) is 0 Å². The summed E-state index contributed by atoms with van der Waals surface area (Å²) in [5.74, 6) is 0.0855. The summed E-state index contributed by atoms with van der Waals surface area (Å²) in [5, 5.41) is 10.1. The molecule has 1 aliphatic heterocycles. The Balaban J connectivity index is 2.07. The number of amides is 1. The molecule has 0 aliphatic carbocycles. The zero-order chi connectivity index (χ0) is 13.4. The monoisotopic (exact) mass is 256 g/mol. The summed E-state index contributed by atoms with van der Waals surface area (Å²) < 4.78 is 0. The number of carbonyl (C=O) groups is 1. The maximum absolute atomic E-state index is 11.4. The van der Waals surface area contributed by atoms with Gasteiger partial charge in [-0.2, -0.15) is 5.10 Å². The second-order valence-corrected chi connectivity index (χ2v) is 4.79. The van der Waals surface area contributed by atoms with Crippen LogP contribution < -0.4 is 11.1 Å². The predicted octanol–water partition coefficient (Wildman–Crippen LogP) is 1.73. The third-order valence-electron chi connectivity index (χ3n) is 3.50. The van der Waals surface area contributed by atoms with Gasteiger partial charge in [-0.3, -0.25) is 9.89 Å². The maximum atomic E-state index is 11.4. The third kappa shape index (κ3) is 2.02. The van der Waals surface area contributed by atoms with Crippen molar-refractivity contribution in [1.82, 2.24) is 10.2 Å². The van der Waals surface area contributed by atoms with Crippen LogP contribution in [0.4, 0.5) is 5.69 Å². The van der Waals surface area contributed by atoms with Crippen molar-refractivity contribution in [3.8, 4) is 11.1 Å². The molecule has 3 rings (SSSR count). The van der Waals surface area contributed by atoms with E-state index in [9.17, 15) is 4.79 Å². The lowest BCUT2D eigenvalue weighted by molar-refractivity contribution is -0.116. The summed E-state index contributed by atoms with van der Waals surface area (Å²) in [6, 6.07) is 6.07. The summed E-state index contributed by atoms with van der Waals surface area (Å²) in [7, 11) is 0. The highest BCUT2D eigenvalue weighted by Gasteiger charge is 2.17. The van der Waals surface area contributed by atoms with Crippen LogP contribution in [0.5, 0.6) is 0 Å². The van der Waals surface area contributed by atoms with Crippen LogP contribution in [0.15, 0.2) is 18.2 Å². The van der Waals surface area contributed by atoms with Crippen LogP contribution >= 0.6 is 0 Å². The number of benzene rings is 1. The van der Waals surface area contributed by atoms with E-state index in [2.05, 4.69) is 21.6 Å². The minimum absolute atomic E-state index is 0.0855. The predicted molar refractivity (Wildman–Crippen MR) is 73.6 cm³/mol. The molecule has 5 nitrogen and oxygen atoms in total. The van der Waals surface area contributed by atoms with Crippen molar-refractivity contribution in [2.75, 3.05) is 5.32 Å². The van der Waals surface area contributed by atoms with E-state index in [1.807, 2.05) is 19.1 Å². The molecular formula is C14H16N4O. The Bertz CT molecular complexity index is 645. The molecule has 19 heavy (non-hydrogen) atoms. The number of carbonyl (C=O) groups excluding carboxylic acids is 1. The fourth-order valence-electron chi connectivity index (χ4n) is 2.55. The Morgan fingerprint density at radius 3 is 3.00 bits per heavy atom. The Kier molecular flexibility index (Phi) is 2.83. The van der Waals surface area contributed by atoms with Gasteiger partial charge < -0.3 is 11.1 Å². The fourth-order valence-corrected chi connectivity index (χ4v) is 2.55. The van der Waals surface area contributed by atoms with Crippen LogP contribution in [0.25, 0.3) is 11.1 Å². The van der Waals surface area contributed by atoms with Gasteiger partial charge in [0.05, 0.1) is 5.69 Å². The zero-order valence-electron chi connectivity index (χ0n) is 10.8. The number of fused-ring (bicyclic) bond motifs is 1. The van der Waals surface area contributed by atoms with Gasteiger partial charge in [-0.25, -0.2) is 0 Å². The third-order valence-corrected chi connectivity index (χ3v) is 3.50. The number of aryl methyl sites for hydroxylation is 2. The van der Waals surface area contributed by atoms with E-state index < -0.39 is 0 Å². The Morgan fingerprint density at radius 1 is 1.37 bits per heavy atom. The highest BCUT2D eigenvalue weighted by molar-refractivity contribution is 5.94. The Labute approximate surface area is 111 Å². The van der Waals surface area contributed by atoms with Crippen LogP contribution in [-0.2, 0) is 17.8 Å². The molecule has 0 fully saturated rings. The van der Waals surface area contributed by atoms with Crippen LogP contribution in [0.2, 0.25) is 0 Å². The van der Waals surface area contributed by atoms with Gasteiger partial charge in [0.1, 0.15) is 0 Å². The molecule has 0 atom stereocenters.